The summed E-state index contributed by atoms with van der Waals surface area (Å²) in [7, 11) is 0. The Morgan fingerprint density at radius 3 is 0.500 bits per heavy atom. The van der Waals surface area contributed by atoms with Gasteiger partial charge in [0.2, 0.25) is 0 Å². The van der Waals surface area contributed by atoms with Crippen LogP contribution in [0.15, 0.2) is 0 Å². The first-order chi connectivity index (χ1) is 0. The summed E-state index contributed by atoms with van der Waals surface area (Å²) in [6, 6.07) is 0. The van der Waals surface area contributed by atoms with E-state index in [1.54, 1.807) is 0 Å². The van der Waals surface area contributed by atoms with Gasteiger partial charge in [-0.05, 0) is 0 Å². The SMILES string of the molecule is B.Br.Br.Br.Br.[MgH2]. The summed E-state index contributed by atoms with van der Waals surface area (Å²) >= 11 is 0. The fourth-order valence-corrected chi connectivity index (χ4v) is 0. The highest BCUT2D eigenvalue weighted by Gasteiger charge is 0.316. The lowest BCUT2D eigenvalue weighted by Gasteiger charge is -0.115. The normalized spacial score (nSPS) is 0. The van der Waals surface area contributed by atoms with Gasteiger partial charge < -0.3 is 0 Å². The molecule has 0 nitrogen and oxygen atoms in total. The zero-order chi connectivity index (χ0) is 0. The van der Waals surface area contributed by atoms with Crippen molar-refractivity contribution in [1.29, 1.82) is 0 Å². The molecule has 0 aromatic heterocycles. The van der Waals surface area contributed by atoms with Crippen molar-refractivity contribution in [2.24, 2.45) is 0 Å². The standard InChI is InChI=1S/BH3.4BrH.Mg.2H/h1H3;4*1H;;;. The largest absolute Gasteiger partial charge is 0.316 e. The third-order valence-corrected chi connectivity index (χ3v) is 0. The van der Waals surface area contributed by atoms with Crippen LogP contribution < -0.4 is 0 Å². The molecule has 0 fully saturated rings. The maximum Gasteiger partial charge on any atom is 0.316 e. The summed E-state index contributed by atoms with van der Waals surface area (Å²) in [5.41, 5.74) is 0. The molecule has 0 aromatic carbocycles. The highest BCUT2D eigenvalue weighted by Crippen LogP contribution is 0.849. The zero-order valence-electron chi connectivity index (χ0n) is 1.63. The fourth-order valence-electron chi connectivity index (χ4n) is 0. The Labute approximate surface area is 98.0 Å². The van der Waals surface area contributed by atoms with E-state index in [0.717, 1.165) is 0 Å². The van der Waals surface area contributed by atoms with Crippen LogP contribution in [-0.2, 0) is 0 Å². The van der Waals surface area contributed by atoms with Gasteiger partial charge in [-0.2, -0.15) is 0 Å². The van der Waals surface area contributed by atoms with Crippen molar-refractivity contribution in [3.8, 4) is 0 Å². The molecule has 0 radical (unpaired) electrons. The van der Waals surface area contributed by atoms with E-state index in [-0.39, 0.29) is 99.4 Å². The molecular formula is H9BBr4Mg. The maximum atomic E-state index is 0. The van der Waals surface area contributed by atoms with Gasteiger partial charge in [-0.1, -0.05) is 0 Å². The zero-order valence-corrected chi connectivity index (χ0v) is 8.49. The van der Waals surface area contributed by atoms with Gasteiger partial charge in [-0.15, -0.1) is 67.9 Å². The number of rotatable bonds is 0. The Kier molecular flexibility index (Phi) is 540. The minimum atomic E-state index is 0. The van der Waals surface area contributed by atoms with Gasteiger partial charge in [0.1, 0.15) is 0 Å². The summed E-state index contributed by atoms with van der Waals surface area (Å²) in [4.78, 5) is 0. The highest BCUT2D eigenvalue weighted by atomic mass is 79.9. The van der Waals surface area contributed by atoms with Gasteiger partial charge >= 0.3 is 23.1 Å². The summed E-state index contributed by atoms with van der Waals surface area (Å²) in [5, 5.41) is 0. The molecule has 0 unspecified atom stereocenters. The number of halogens is 4. The molecule has 0 aliphatic rings. The molecule has 0 aliphatic heterocycles. The molecule has 0 bridgehead atoms. The van der Waals surface area contributed by atoms with Crippen LogP contribution in [0.25, 0.3) is 0 Å². The predicted octanol–water partition coefficient (Wildman–Crippen LogP) is 0.211. The number of hydrogen-bond acceptors (Lipinski definition) is 0. The minimum Gasteiger partial charge on any atom is -0.114 e. The van der Waals surface area contributed by atoms with E-state index in [2.05, 4.69) is 0 Å². The monoisotopic (exact) mass is 360 g/mol. The molecule has 0 spiro atoms. The Morgan fingerprint density at radius 1 is 0.500 bits per heavy atom. The minimum absolute atomic E-state index is 0. The molecular weight excluding hydrogens is 355 g/mol. The van der Waals surface area contributed by atoms with E-state index in [1.165, 1.54) is 0 Å². The number of hydrogen-bond donors (Lipinski definition) is 0. The van der Waals surface area contributed by atoms with Gasteiger partial charge in [-0.25, -0.2) is 0 Å². The average molecular weight is 364 g/mol. The summed E-state index contributed by atoms with van der Waals surface area (Å²) in [5.74, 6) is 0. The maximum absolute atomic E-state index is 0. The topological polar surface area (TPSA) is 0 Å². The molecule has 0 N–H and O–H groups in total. The second-order valence-corrected chi connectivity index (χ2v) is 0. The third kappa shape index (κ3) is 29.5. The summed E-state index contributed by atoms with van der Waals surface area (Å²) < 4.78 is 0. The predicted molar refractivity (Wildman–Crippen MR) is 59.8 cm³/mol. The lowest BCUT2D eigenvalue weighted by atomic mass is 10.8. The Hall–Kier alpha value is 2.75. The van der Waals surface area contributed by atoms with E-state index >= 15 is 0 Å². The molecule has 0 saturated carbocycles. The van der Waals surface area contributed by atoms with Crippen molar-refractivity contribution in [2.45, 2.75) is 0 Å². The second-order valence-electron chi connectivity index (χ2n) is 0. The van der Waals surface area contributed by atoms with Crippen LogP contribution in [0.1, 0.15) is 0 Å². The lowest BCUT2D eigenvalue weighted by Crippen LogP contribution is -0.382. The van der Waals surface area contributed by atoms with Gasteiger partial charge in [0.15, 0.2) is 0 Å². The van der Waals surface area contributed by atoms with Crippen molar-refractivity contribution in [3.63, 3.8) is 0 Å². The second kappa shape index (κ2) is 46.7. The van der Waals surface area contributed by atoms with Crippen LogP contribution in [0.5, 0.6) is 0 Å². The van der Waals surface area contributed by atoms with Crippen molar-refractivity contribution in [1.82, 2.24) is 0 Å². The quantitative estimate of drug-likeness (QED) is 0.540. The molecule has 0 saturated heterocycles. The molecule has 0 amide bonds. The van der Waals surface area contributed by atoms with Crippen LogP contribution in [-0.4, -0.2) is 31.5 Å². The smallest absolute Gasteiger partial charge is 0.114 e. The molecule has 6 heavy (non-hydrogen) atoms. The van der Waals surface area contributed by atoms with E-state index in [4.69, 9.17) is 0 Å². The van der Waals surface area contributed by atoms with Crippen molar-refractivity contribution >= 4 is 99.4 Å². The molecule has 0 atom stereocenters. The van der Waals surface area contributed by atoms with Crippen LogP contribution in [0, 0.1) is 0 Å². The fraction of sp³-hybridized carbons (Fsp3) is 0. The van der Waals surface area contributed by atoms with Gasteiger partial charge in [0, 0.05) is 0 Å². The summed E-state index contributed by atoms with van der Waals surface area (Å²) in [6.07, 6.45) is 0. The average Bonchev–Trinajstić information content (AvgIpc) is 0. The molecule has 42 valence electrons. The third-order valence-electron chi connectivity index (χ3n) is 0. The molecule has 0 rings (SSSR count). The van der Waals surface area contributed by atoms with Gasteiger partial charge in [0.25, 0.3) is 0 Å². The van der Waals surface area contributed by atoms with Crippen LogP contribution in [0.3, 0.4) is 0 Å². The first kappa shape index (κ1) is 69.5. The first-order valence-corrected chi connectivity index (χ1v) is 0. The lowest BCUT2D eigenvalue weighted by molar-refractivity contribution is 5.75. The van der Waals surface area contributed by atoms with Crippen molar-refractivity contribution in [3.05, 3.63) is 0 Å². The first-order valence-electron chi connectivity index (χ1n) is 0. The Bertz CT molecular complexity index is 7.51. The van der Waals surface area contributed by atoms with Crippen molar-refractivity contribution < 1.29 is 0 Å². The molecule has 0 heterocycles. The summed E-state index contributed by atoms with van der Waals surface area (Å²) in [6.45, 7) is 0. The van der Waals surface area contributed by atoms with Crippen LogP contribution in [0.2, 0.25) is 0 Å². The van der Waals surface area contributed by atoms with Gasteiger partial charge in [-0.3, -0.25) is 0 Å². The van der Waals surface area contributed by atoms with Gasteiger partial charge in [0.05, 0.1) is 8.41 Å². The Balaban J connectivity index is 0. The van der Waals surface area contributed by atoms with Crippen LogP contribution in [0.4, 0.5) is 0 Å². The molecule has 0 aromatic rings. The Morgan fingerprint density at radius 2 is 0.500 bits per heavy atom. The molecule has 6 heteroatoms. The van der Waals surface area contributed by atoms with E-state index in [0.29, 0.717) is 0 Å². The van der Waals surface area contributed by atoms with E-state index in [9.17, 15) is 0 Å². The van der Waals surface area contributed by atoms with Crippen molar-refractivity contribution in [2.75, 3.05) is 0 Å². The van der Waals surface area contributed by atoms with E-state index < -0.39 is 0 Å². The van der Waals surface area contributed by atoms with E-state index in [1.807, 2.05) is 0 Å². The highest BCUT2D eigenvalue weighted by molar-refractivity contribution is 8.93. The molecule has 0 aliphatic carbocycles. The van der Waals surface area contributed by atoms with Crippen LogP contribution >= 0.6 is 67.9 Å².